The van der Waals surface area contributed by atoms with E-state index in [0.717, 1.165) is 11.3 Å². The fourth-order valence-electron chi connectivity index (χ4n) is 2.69. The highest BCUT2D eigenvalue weighted by molar-refractivity contribution is 6.30. The first-order valence-electron chi connectivity index (χ1n) is 8.69. The molecule has 0 aromatic heterocycles. The number of ether oxygens (including phenoxy) is 2. The molecule has 7 heteroatoms. The Kier molecular flexibility index (Phi) is 6.19. The number of carbonyl (C=O) groups is 2. The van der Waals surface area contributed by atoms with Crippen molar-refractivity contribution in [3.63, 3.8) is 0 Å². The number of fused-ring (bicyclic) bond motifs is 1. The van der Waals surface area contributed by atoms with Crippen LogP contribution in [0.15, 0.2) is 42.5 Å². The molecule has 1 heterocycles. The van der Waals surface area contributed by atoms with Gasteiger partial charge in [-0.05, 0) is 48.4 Å². The third kappa shape index (κ3) is 5.37. The summed E-state index contributed by atoms with van der Waals surface area (Å²) >= 11 is 5.91. The van der Waals surface area contributed by atoms with Crippen molar-refractivity contribution in [1.82, 2.24) is 4.90 Å². The van der Waals surface area contributed by atoms with Gasteiger partial charge in [-0.2, -0.15) is 0 Å². The van der Waals surface area contributed by atoms with Gasteiger partial charge in [0.15, 0.2) is 6.61 Å². The highest BCUT2D eigenvalue weighted by Gasteiger charge is 2.16. The van der Waals surface area contributed by atoms with Gasteiger partial charge in [0.25, 0.3) is 5.91 Å². The number of carbonyl (C=O) groups excluding carboxylic acids is 2. The number of nitrogens with one attached hydrogen (secondary N) is 1. The van der Waals surface area contributed by atoms with Crippen LogP contribution in [0.4, 0.5) is 5.69 Å². The van der Waals surface area contributed by atoms with Crippen molar-refractivity contribution in [1.29, 1.82) is 0 Å². The molecule has 2 amide bonds. The highest BCUT2D eigenvalue weighted by atomic mass is 35.5. The Morgan fingerprint density at radius 1 is 1.15 bits per heavy atom. The van der Waals surface area contributed by atoms with Crippen LogP contribution in [0.3, 0.4) is 0 Å². The van der Waals surface area contributed by atoms with E-state index < -0.39 is 0 Å². The Morgan fingerprint density at radius 2 is 1.96 bits per heavy atom. The number of anilines is 1. The average Bonchev–Trinajstić information content (AvgIpc) is 2.66. The summed E-state index contributed by atoms with van der Waals surface area (Å²) in [4.78, 5) is 25.2. The van der Waals surface area contributed by atoms with E-state index in [9.17, 15) is 9.59 Å². The monoisotopic (exact) mass is 388 g/mol. The molecule has 0 atom stereocenters. The maximum Gasteiger partial charge on any atom is 0.260 e. The number of aryl methyl sites for hydroxylation is 1. The van der Waals surface area contributed by atoms with Crippen LogP contribution in [0, 0.1) is 0 Å². The lowest BCUT2D eigenvalue weighted by Crippen LogP contribution is -2.34. The van der Waals surface area contributed by atoms with Crippen molar-refractivity contribution in [3.8, 4) is 11.5 Å². The molecule has 0 fully saturated rings. The van der Waals surface area contributed by atoms with Crippen LogP contribution in [-0.4, -0.2) is 43.5 Å². The van der Waals surface area contributed by atoms with E-state index in [1.54, 1.807) is 36.2 Å². The van der Waals surface area contributed by atoms with Gasteiger partial charge in [-0.25, -0.2) is 0 Å². The third-order valence-electron chi connectivity index (χ3n) is 4.25. The number of rotatable bonds is 7. The van der Waals surface area contributed by atoms with E-state index in [4.69, 9.17) is 21.1 Å². The molecule has 27 heavy (non-hydrogen) atoms. The quantitative estimate of drug-likeness (QED) is 0.791. The lowest BCUT2D eigenvalue weighted by atomic mass is 10.0. The SMILES string of the molecule is CN(CCOc1cccc(Cl)c1)C(=O)COc1ccc2c(c1)CCC(=O)N2. The summed E-state index contributed by atoms with van der Waals surface area (Å²) in [6.45, 7) is 0.741. The maximum atomic E-state index is 12.2. The molecular formula is C20H21ClN2O4. The van der Waals surface area contributed by atoms with Crippen LogP contribution < -0.4 is 14.8 Å². The van der Waals surface area contributed by atoms with Gasteiger partial charge >= 0.3 is 0 Å². The van der Waals surface area contributed by atoms with Crippen LogP contribution in [-0.2, 0) is 16.0 Å². The van der Waals surface area contributed by atoms with Crippen LogP contribution >= 0.6 is 11.6 Å². The van der Waals surface area contributed by atoms with Crippen LogP contribution in [0.1, 0.15) is 12.0 Å². The van der Waals surface area contributed by atoms with Crippen molar-refractivity contribution in [2.75, 3.05) is 32.1 Å². The molecular weight excluding hydrogens is 368 g/mol. The zero-order valence-corrected chi connectivity index (χ0v) is 15.8. The third-order valence-corrected chi connectivity index (χ3v) is 4.49. The standard InChI is InChI=1S/C20H21ClN2O4/c1-23(9-10-26-16-4-2-3-15(21)12-16)20(25)13-27-17-6-7-18-14(11-17)5-8-19(24)22-18/h2-4,6-7,11-12H,5,8-10,13H2,1H3,(H,22,24). The summed E-state index contributed by atoms with van der Waals surface area (Å²) in [6.07, 6.45) is 1.14. The second-order valence-corrected chi connectivity index (χ2v) is 6.71. The van der Waals surface area contributed by atoms with Crippen molar-refractivity contribution >= 4 is 29.1 Å². The Labute approximate surface area is 163 Å². The van der Waals surface area contributed by atoms with Crippen LogP contribution in [0.5, 0.6) is 11.5 Å². The number of benzene rings is 2. The summed E-state index contributed by atoms with van der Waals surface area (Å²) in [7, 11) is 1.70. The van der Waals surface area contributed by atoms with Crippen molar-refractivity contribution < 1.29 is 19.1 Å². The molecule has 0 unspecified atom stereocenters. The highest BCUT2D eigenvalue weighted by Crippen LogP contribution is 2.26. The Balaban J connectivity index is 1.44. The van der Waals surface area contributed by atoms with Crippen LogP contribution in [0.25, 0.3) is 0 Å². The number of likely N-dealkylation sites (N-methyl/N-ethyl adjacent to an activating group) is 1. The smallest absolute Gasteiger partial charge is 0.260 e. The van der Waals surface area contributed by atoms with Crippen molar-refractivity contribution in [2.24, 2.45) is 0 Å². The Bertz CT molecular complexity index is 840. The predicted octanol–water partition coefficient (Wildman–Crippen LogP) is 3.14. The number of hydrogen-bond donors (Lipinski definition) is 1. The summed E-state index contributed by atoms with van der Waals surface area (Å²) in [5.41, 5.74) is 1.82. The summed E-state index contributed by atoms with van der Waals surface area (Å²) in [6, 6.07) is 12.5. The first-order chi connectivity index (χ1) is 13.0. The molecule has 3 rings (SSSR count). The molecule has 2 aromatic rings. The molecule has 142 valence electrons. The normalized spacial score (nSPS) is 12.7. The molecule has 0 saturated heterocycles. The molecule has 0 radical (unpaired) electrons. The topological polar surface area (TPSA) is 67.9 Å². The van der Waals surface area contributed by atoms with Crippen LogP contribution in [0.2, 0.25) is 5.02 Å². The predicted molar refractivity (Wildman–Crippen MR) is 103 cm³/mol. The van der Waals surface area contributed by atoms with E-state index in [-0.39, 0.29) is 18.4 Å². The molecule has 0 spiro atoms. The minimum atomic E-state index is -0.143. The number of nitrogens with zero attached hydrogens (tertiary/aromatic N) is 1. The first kappa shape index (κ1) is 19.0. The number of amides is 2. The maximum absolute atomic E-state index is 12.2. The molecule has 1 N–H and O–H groups in total. The van der Waals surface area contributed by atoms with Gasteiger partial charge < -0.3 is 19.7 Å². The first-order valence-corrected chi connectivity index (χ1v) is 9.07. The number of halogens is 1. The summed E-state index contributed by atoms with van der Waals surface area (Å²) in [5.74, 6) is 1.16. The fourth-order valence-corrected chi connectivity index (χ4v) is 2.87. The lowest BCUT2D eigenvalue weighted by Gasteiger charge is -2.19. The minimum absolute atomic E-state index is 0.0213. The molecule has 0 aliphatic carbocycles. The van der Waals surface area contributed by atoms with Gasteiger partial charge in [-0.1, -0.05) is 17.7 Å². The fraction of sp³-hybridized carbons (Fsp3) is 0.300. The van der Waals surface area contributed by atoms with E-state index in [0.29, 0.717) is 42.5 Å². The summed E-state index contributed by atoms with van der Waals surface area (Å²) in [5, 5.41) is 3.42. The van der Waals surface area contributed by atoms with E-state index in [1.807, 2.05) is 18.2 Å². The molecule has 1 aliphatic rings. The van der Waals surface area contributed by atoms with Gasteiger partial charge in [-0.3, -0.25) is 9.59 Å². The molecule has 0 saturated carbocycles. The van der Waals surface area contributed by atoms with Gasteiger partial charge in [0.2, 0.25) is 5.91 Å². The average molecular weight is 389 g/mol. The Hall–Kier alpha value is -2.73. The largest absolute Gasteiger partial charge is 0.492 e. The zero-order valence-electron chi connectivity index (χ0n) is 15.0. The van der Waals surface area contributed by atoms with Crippen molar-refractivity contribution in [2.45, 2.75) is 12.8 Å². The molecule has 2 aromatic carbocycles. The van der Waals surface area contributed by atoms with E-state index >= 15 is 0 Å². The van der Waals surface area contributed by atoms with E-state index in [2.05, 4.69) is 5.32 Å². The minimum Gasteiger partial charge on any atom is -0.492 e. The Morgan fingerprint density at radius 3 is 2.78 bits per heavy atom. The second kappa shape index (κ2) is 8.77. The number of hydrogen-bond acceptors (Lipinski definition) is 4. The second-order valence-electron chi connectivity index (χ2n) is 6.28. The van der Waals surface area contributed by atoms with Gasteiger partial charge in [0.05, 0.1) is 6.54 Å². The molecule has 6 nitrogen and oxygen atoms in total. The molecule has 0 bridgehead atoms. The van der Waals surface area contributed by atoms with Gasteiger partial charge in [0.1, 0.15) is 18.1 Å². The van der Waals surface area contributed by atoms with Gasteiger partial charge in [-0.15, -0.1) is 0 Å². The lowest BCUT2D eigenvalue weighted by molar-refractivity contribution is -0.132. The molecule has 1 aliphatic heterocycles. The van der Waals surface area contributed by atoms with E-state index in [1.165, 1.54) is 0 Å². The zero-order chi connectivity index (χ0) is 19.2. The van der Waals surface area contributed by atoms with Gasteiger partial charge in [0, 0.05) is 24.2 Å². The summed E-state index contributed by atoms with van der Waals surface area (Å²) < 4.78 is 11.2. The van der Waals surface area contributed by atoms with Crippen molar-refractivity contribution in [3.05, 3.63) is 53.1 Å².